The standard InChI is InChI=1S/C10H8Cl2N2S/c1-5-6(2)14-10(12)8(13-5)9-7(11)3-4-15-9/h3-4H,1-2H3. The van der Waals surface area contributed by atoms with E-state index in [0.29, 0.717) is 15.9 Å². The zero-order valence-electron chi connectivity index (χ0n) is 8.21. The minimum Gasteiger partial charge on any atom is -0.247 e. The van der Waals surface area contributed by atoms with E-state index in [1.165, 1.54) is 11.3 Å². The van der Waals surface area contributed by atoms with E-state index in [9.17, 15) is 0 Å². The van der Waals surface area contributed by atoms with Gasteiger partial charge in [-0.05, 0) is 25.3 Å². The van der Waals surface area contributed by atoms with Gasteiger partial charge in [0.1, 0.15) is 5.69 Å². The molecule has 0 radical (unpaired) electrons. The van der Waals surface area contributed by atoms with Gasteiger partial charge >= 0.3 is 0 Å². The van der Waals surface area contributed by atoms with Gasteiger partial charge in [0, 0.05) is 0 Å². The smallest absolute Gasteiger partial charge is 0.156 e. The Balaban J connectivity index is 2.64. The first-order chi connectivity index (χ1) is 7.09. The summed E-state index contributed by atoms with van der Waals surface area (Å²) < 4.78 is 0. The highest BCUT2D eigenvalue weighted by Crippen LogP contribution is 2.35. The number of aryl methyl sites for hydroxylation is 2. The van der Waals surface area contributed by atoms with Crippen molar-refractivity contribution in [1.82, 2.24) is 9.97 Å². The average Bonchev–Trinajstić information content (AvgIpc) is 2.58. The minimum absolute atomic E-state index is 0.405. The van der Waals surface area contributed by atoms with E-state index in [-0.39, 0.29) is 0 Å². The summed E-state index contributed by atoms with van der Waals surface area (Å²) in [6.45, 7) is 3.79. The van der Waals surface area contributed by atoms with E-state index in [0.717, 1.165) is 16.3 Å². The molecule has 2 aromatic heterocycles. The van der Waals surface area contributed by atoms with Crippen molar-refractivity contribution in [2.24, 2.45) is 0 Å². The van der Waals surface area contributed by atoms with E-state index >= 15 is 0 Å². The van der Waals surface area contributed by atoms with E-state index in [1.807, 2.05) is 25.3 Å². The normalized spacial score (nSPS) is 10.7. The second-order valence-electron chi connectivity index (χ2n) is 3.13. The summed E-state index contributed by atoms with van der Waals surface area (Å²) in [5, 5.41) is 2.98. The van der Waals surface area contributed by atoms with Gasteiger partial charge in [0.2, 0.25) is 0 Å². The minimum atomic E-state index is 0.405. The van der Waals surface area contributed by atoms with Crippen LogP contribution in [-0.4, -0.2) is 9.97 Å². The van der Waals surface area contributed by atoms with Crippen LogP contribution < -0.4 is 0 Å². The van der Waals surface area contributed by atoms with Crippen LogP contribution in [0.25, 0.3) is 10.6 Å². The van der Waals surface area contributed by atoms with Gasteiger partial charge in [-0.3, -0.25) is 0 Å². The molecular formula is C10H8Cl2N2S. The Morgan fingerprint density at radius 1 is 1.13 bits per heavy atom. The summed E-state index contributed by atoms with van der Waals surface area (Å²) in [7, 11) is 0. The first-order valence-electron chi connectivity index (χ1n) is 4.33. The van der Waals surface area contributed by atoms with Gasteiger partial charge in [0.15, 0.2) is 5.15 Å². The van der Waals surface area contributed by atoms with Crippen LogP contribution in [0.15, 0.2) is 11.4 Å². The van der Waals surface area contributed by atoms with E-state index in [4.69, 9.17) is 23.2 Å². The summed E-state index contributed by atoms with van der Waals surface area (Å²) in [6, 6.07) is 1.83. The van der Waals surface area contributed by atoms with Gasteiger partial charge in [-0.2, -0.15) is 0 Å². The highest BCUT2D eigenvalue weighted by Gasteiger charge is 2.13. The van der Waals surface area contributed by atoms with Gasteiger partial charge in [0.05, 0.1) is 21.3 Å². The van der Waals surface area contributed by atoms with Crippen molar-refractivity contribution < 1.29 is 0 Å². The first-order valence-corrected chi connectivity index (χ1v) is 5.97. The van der Waals surface area contributed by atoms with Crippen molar-refractivity contribution in [1.29, 1.82) is 0 Å². The fraction of sp³-hybridized carbons (Fsp3) is 0.200. The van der Waals surface area contributed by atoms with E-state index < -0.39 is 0 Å². The van der Waals surface area contributed by atoms with Gasteiger partial charge < -0.3 is 0 Å². The monoisotopic (exact) mass is 258 g/mol. The lowest BCUT2D eigenvalue weighted by Crippen LogP contribution is -1.95. The summed E-state index contributed by atoms with van der Waals surface area (Å²) in [4.78, 5) is 9.50. The molecule has 15 heavy (non-hydrogen) atoms. The first kappa shape index (κ1) is 10.9. The average molecular weight is 259 g/mol. The van der Waals surface area contributed by atoms with Crippen molar-refractivity contribution in [3.05, 3.63) is 33.0 Å². The summed E-state index contributed by atoms with van der Waals surface area (Å²) in [5.41, 5.74) is 2.38. The summed E-state index contributed by atoms with van der Waals surface area (Å²) in [5.74, 6) is 0. The predicted molar refractivity (Wildman–Crippen MR) is 64.8 cm³/mol. The second kappa shape index (κ2) is 4.08. The molecule has 0 aromatic carbocycles. The van der Waals surface area contributed by atoms with Crippen molar-refractivity contribution in [3.8, 4) is 10.6 Å². The highest BCUT2D eigenvalue weighted by molar-refractivity contribution is 7.14. The highest BCUT2D eigenvalue weighted by atomic mass is 35.5. The molecule has 0 spiro atoms. The second-order valence-corrected chi connectivity index (χ2v) is 4.81. The van der Waals surface area contributed by atoms with Gasteiger partial charge in [-0.25, -0.2) is 9.97 Å². The number of rotatable bonds is 1. The Labute approximate surface area is 102 Å². The lowest BCUT2D eigenvalue weighted by molar-refractivity contribution is 1.06. The maximum absolute atomic E-state index is 6.04. The molecule has 78 valence electrons. The van der Waals surface area contributed by atoms with E-state index in [2.05, 4.69) is 9.97 Å². The lowest BCUT2D eigenvalue weighted by atomic mass is 10.3. The Kier molecular flexibility index (Phi) is 2.96. The molecule has 0 saturated carbocycles. The molecule has 5 heteroatoms. The molecular weight excluding hydrogens is 251 g/mol. The van der Waals surface area contributed by atoms with Crippen molar-refractivity contribution in [2.45, 2.75) is 13.8 Å². The van der Waals surface area contributed by atoms with Crippen LogP contribution in [0.4, 0.5) is 0 Å². The Hall–Kier alpha value is -0.640. The number of hydrogen-bond acceptors (Lipinski definition) is 3. The van der Waals surface area contributed by atoms with Crippen LogP contribution in [0, 0.1) is 13.8 Å². The molecule has 0 amide bonds. The van der Waals surface area contributed by atoms with Crippen molar-refractivity contribution in [3.63, 3.8) is 0 Å². The lowest BCUT2D eigenvalue weighted by Gasteiger charge is -2.04. The Bertz CT molecular complexity index is 508. The zero-order chi connectivity index (χ0) is 11.0. The summed E-state index contributed by atoms with van der Waals surface area (Å²) >= 11 is 13.6. The number of aromatic nitrogens is 2. The van der Waals surface area contributed by atoms with Crippen molar-refractivity contribution in [2.75, 3.05) is 0 Å². The van der Waals surface area contributed by atoms with Crippen LogP contribution >= 0.6 is 34.5 Å². The SMILES string of the molecule is Cc1nc(Cl)c(-c2sccc2Cl)nc1C. The zero-order valence-corrected chi connectivity index (χ0v) is 10.5. The van der Waals surface area contributed by atoms with Crippen LogP contribution in [0.1, 0.15) is 11.4 Å². The number of hydrogen-bond donors (Lipinski definition) is 0. The molecule has 2 heterocycles. The molecule has 0 bridgehead atoms. The fourth-order valence-corrected chi connectivity index (χ4v) is 2.64. The molecule has 0 unspecified atom stereocenters. The fourth-order valence-electron chi connectivity index (χ4n) is 1.18. The number of nitrogens with zero attached hydrogens (tertiary/aromatic N) is 2. The third-order valence-electron chi connectivity index (χ3n) is 2.10. The molecule has 0 aliphatic rings. The molecule has 0 atom stereocenters. The molecule has 2 aromatic rings. The molecule has 0 N–H and O–H groups in total. The summed E-state index contributed by atoms with van der Waals surface area (Å²) in [6.07, 6.45) is 0. The van der Waals surface area contributed by atoms with Crippen LogP contribution in [0.2, 0.25) is 10.2 Å². The quantitative estimate of drug-likeness (QED) is 0.769. The molecule has 0 fully saturated rings. The Morgan fingerprint density at radius 3 is 2.40 bits per heavy atom. The molecule has 2 nitrogen and oxygen atoms in total. The molecule has 2 rings (SSSR count). The van der Waals surface area contributed by atoms with Crippen LogP contribution in [-0.2, 0) is 0 Å². The van der Waals surface area contributed by atoms with E-state index in [1.54, 1.807) is 0 Å². The van der Waals surface area contributed by atoms with Crippen LogP contribution in [0.3, 0.4) is 0 Å². The van der Waals surface area contributed by atoms with Gasteiger partial charge in [-0.1, -0.05) is 23.2 Å². The maximum atomic E-state index is 6.04. The topological polar surface area (TPSA) is 25.8 Å². The van der Waals surface area contributed by atoms with Gasteiger partial charge in [-0.15, -0.1) is 11.3 Å². The molecule has 0 aliphatic carbocycles. The number of halogens is 2. The molecule has 0 aliphatic heterocycles. The Morgan fingerprint density at radius 2 is 1.80 bits per heavy atom. The maximum Gasteiger partial charge on any atom is 0.156 e. The van der Waals surface area contributed by atoms with Crippen LogP contribution in [0.5, 0.6) is 0 Å². The van der Waals surface area contributed by atoms with Crippen molar-refractivity contribution >= 4 is 34.5 Å². The van der Waals surface area contributed by atoms with Gasteiger partial charge in [0.25, 0.3) is 0 Å². The predicted octanol–water partition coefficient (Wildman–Crippen LogP) is 4.13. The largest absolute Gasteiger partial charge is 0.247 e. The number of thiophene rings is 1. The molecule has 0 saturated heterocycles. The third-order valence-corrected chi connectivity index (χ3v) is 3.71. The third kappa shape index (κ3) is 2.00.